The summed E-state index contributed by atoms with van der Waals surface area (Å²) in [6, 6.07) is 15.3. The fraction of sp³-hybridized carbons (Fsp3) is 0.107. The third-order valence-corrected chi connectivity index (χ3v) is 6.65. The van der Waals surface area contributed by atoms with Gasteiger partial charge >= 0.3 is 23.3 Å². The molecule has 0 atom stereocenters. The number of urea groups is 1. The number of oxazole rings is 1. The number of nitrogens with one attached hydrogen (secondary N) is 5. The molecule has 232 valence electrons. The lowest BCUT2D eigenvalue weighted by Gasteiger charge is -2.09. The molecule has 0 aliphatic rings. The Labute approximate surface area is 254 Å². The van der Waals surface area contributed by atoms with Crippen molar-refractivity contribution in [3.05, 3.63) is 94.4 Å². The second-order valence-electron chi connectivity index (χ2n) is 9.25. The summed E-state index contributed by atoms with van der Waals surface area (Å²) in [5.41, 5.74) is -2.80. The number of nitrogens with zero attached hydrogens (tertiary/aromatic N) is 1. The highest BCUT2D eigenvalue weighted by molar-refractivity contribution is 8.00. The highest BCUT2D eigenvalue weighted by Crippen LogP contribution is 2.37. The predicted molar refractivity (Wildman–Crippen MR) is 157 cm³/mol. The number of aromatic nitrogens is 3. The van der Waals surface area contributed by atoms with Crippen LogP contribution in [-0.2, 0) is 11.2 Å². The first-order valence-electron chi connectivity index (χ1n) is 12.8. The van der Waals surface area contributed by atoms with Crippen molar-refractivity contribution in [1.82, 2.24) is 15.0 Å². The van der Waals surface area contributed by atoms with Gasteiger partial charge in [0.2, 0.25) is 0 Å². The van der Waals surface area contributed by atoms with Crippen LogP contribution in [0.2, 0.25) is 0 Å². The average molecular weight is 643 g/mol. The molecule has 5 aromatic rings. The van der Waals surface area contributed by atoms with Crippen molar-refractivity contribution in [3.8, 4) is 5.75 Å². The van der Waals surface area contributed by atoms with Crippen molar-refractivity contribution in [2.45, 2.75) is 16.8 Å². The number of H-pyrrole nitrogens is 2. The molecule has 5 rings (SSSR count). The van der Waals surface area contributed by atoms with Crippen molar-refractivity contribution in [2.75, 3.05) is 22.6 Å². The van der Waals surface area contributed by atoms with Crippen LogP contribution in [0.15, 0.2) is 80.8 Å². The van der Waals surface area contributed by atoms with Gasteiger partial charge in [0.15, 0.2) is 17.9 Å². The topological polar surface area (TPSA) is 191 Å². The van der Waals surface area contributed by atoms with Crippen LogP contribution in [-0.4, -0.2) is 50.1 Å². The molecule has 3 aromatic carbocycles. The maximum atomic E-state index is 12.5. The summed E-state index contributed by atoms with van der Waals surface area (Å²) >= 11 is -0.296. The Balaban J connectivity index is 1.14. The first kappa shape index (κ1) is 30.7. The van der Waals surface area contributed by atoms with Gasteiger partial charge in [-0.3, -0.25) is 15.1 Å². The maximum absolute atomic E-state index is 12.5. The number of carboxylic acid groups (broad SMARTS) is 1. The van der Waals surface area contributed by atoms with E-state index in [1.54, 1.807) is 36.4 Å². The normalized spacial score (nSPS) is 11.3. The van der Waals surface area contributed by atoms with Crippen LogP contribution in [0, 0.1) is 0 Å². The van der Waals surface area contributed by atoms with Gasteiger partial charge in [0, 0.05) is 28.8 Å². The summed E-state index contributed by atoms with van der Waals surface area (Å²) < 4.78 is 48.0. The van der Waals surface area contributed by atoms with Gasteiger partial charge in [-0.25, -0.2) is 19.4 Å². The van der Waals surface area contributed by atoms with Gasteiger partial charge in [0.05, 0.1) is 5.52 Å². The number of carboxylic acids is 1. The van der Waals surface area contributed by atoms with Gasteiger partial charge in [-0.05, 0) is 65.9 Å². The molecule has 0 unspecified atom stereocenters. The number of alkyl halides is 3. The van der Waals surface area contributed by atoms with Crippen molar-refractivity contribution < 1.29 is 41.8 Å². The van der Waals surface area contributed by atoms with E-state index in [0.717, 1.165) is 0 Å². The molecule has 13 nitrogen and oxygen atoms in total. The number of carbonyl (C=O) groups is 3. The largest absolute Gasteiger partial charge is 0.484 e. The zero-order valence-corrected chi connectivity index (χ0v) is 23.5. The lowest BCUT2D eigenvalue weighted by molar-refractivity contribution is -0.118. The molecule has 45 heavy (non-hydrogen) atoms. The third-order valence-electron chi connectivity index (χ3n) is 5.91. The number of fused-ring (bicyclic) bond motifs is 1. The first-order chi connectivity index (χ1) is 21.4. The summed E-state index contributed by atoms with van der Waals surface area (Å²) in [6.45, 7) is -0.303. The summed E-state index contributed by atoms with van der Waals surface area (Å²) in [7, 11) is 0. The van der Waals surface area contributed by atoms with Crippen molar-refractivity contribution >= 4 is 58.0 Å². The van der Waals surface area contributed by atoms with Crippen LogP contribution in [0.25, 0.3) is 11.1 Å². The number of carbonyl (C=O) groups excluding carboxylic acids is 2. The number of aromatic carboxylic acids is 1. The van der Waals surface area contributed by atoms with E-state index in [2.05, 4.69) is 30.9 Å². The van der Waals surface area contributed by atoms with Crippen LogP contribution in [0.3, 0.4) is 0 Å². The number of ether oxygens (including phenoxy) is 1. The molecule has 0 fully saturated rings. The van der Waals surface area contributed by atoms with Gasteiger partial charge in [-0.15, -0.1) is 0 Å². The monoisotopic (exact) mass is 642 g/mol. The SMILES string of the molecule is O=C(COc1ccc(Cc2nc(C(=O)O)c(NC(=O)Nc3ccc(SC(F)(F)F)cc3)[nH]2)cc1)Nc1ccc2[nH]c(=O)oc2c1. The number of benzene rings is 3. The molecule has 2 heterocycles. The highest BCUT2D eigenvalue weighted by Gasteiger charge is 2.29. The number of hydrogen-bond acceptors (Lipinski definition) is 8. The van der Waals surface area contributed by atoms with Crippen molar-refractivity contribution in [3.63, 3.8) is 0 Å². The Bertz CT molecular complexity index is 1920. The number of amides is 3. The zero-order chi connectivity index (χ0) is 32.1. The molecule has 17 heteroatoms. The number of hydrogen-bond donors (Lipinski definition) is 6. The molecular formula is C28H21F3N6O7S. The Morgan fingerprint density at radius 2 is 1.64 bits per heavy atom. The Kier molecular flexibility index (Phi) is 8.80. The number of aromatic amines is 2. The van der Waals surface area contributed by atoms with Gasteiger partial charge in [-0.2, -0.15) is 13.2 Å². The minimum absolute atomic E-state index is 0.0649. The summed E-state index contributed by atoms with van der Waals surface area (Å²) in [6.07, 6.45) is 0.153. The Morgan fingerprint density at radius 1 is 0.933 bits per heavy atom. The van der Waals surface area contributed by atoms with E-state index in [1.165, 1.54) is 30.3 Å². The number of rotatable bonds is 10. The van der Waals surface area contributed by atoms with Crippen LogP contribution < -0.4 is 26.4 Å². The van der Waals surface area contributed by atoms with Gasteiger partial charge in [-0.1, -0.05) is 12.1 Å². The van der Waals surface area contributed by atoms with E-state index < -0.39 is 34.9 Å². The van der Waals surface area contributed by atoms with Crippen LogP contribution >= 0.6 is 11.8 Å². The van der Waals surface area contributed by atoms with Crippen LogP contribution in [0.4, 0.5) is 35.2 Å². The molecule has 0 aliphatic carbocycles. The zero-order valence-electron chi connectivity index (χ0n) is 22.7. The molecule has 2 aromatic heterocycles. The van der Waals surface area contributed by atoms with E-state index >= 15 is 0 Å². The fourth-order valence-electron chi connectivity index (χ4n) is 4.03. The van der Waals surface area contributed by atoms with E-state index in [-0.39, 0.29) is 47.0 Å². The number of anilines is 3. The first-order valence-corrected chi connectivity index (χ1v) is 13.6. The lowest BCUT2D eigenvalue weighted by Crippen LogP contribution is -2.21. The minimum Gasteiger partial charge on any atom is -0.484 e. The van der Waals surface area contributed by atoms with Gasteiger partial charge in [0.1, 0.15) is 17.4 Å². The van der Waals surface area contributed by atoms with Gasteiger partial charge in [0.25, 0.3) is 5.91 Å². The molecule has 0 spiro atoms. The van der Waals surface area contributed by atoms with Crippen molar-refractivity contribution in [2.24, 2.45) is 0 Å². The van der Waals surface area contributed by atoms with Crippen molar-refractivity contribution in [1.29, 1.82) is 0 Å². The van der Waals surface area contributed by atoms with Gasteiger partial charge < -0.3 is 29.9 Å². The fourth-order valence-corrected chi connectivity index (χ4v) is 4.57. The molecule has 0 saturated heterocycles. The van der Waals surface area contributed by atoms with Crippen LogP contribution in [0.1, 0.15) is 21.9 Å². The van der Waals surface area contributed by atoms with E-state index in [1.807, 2.05) is 0 Å². The standard InChI is InChI=1S/C28H21F3N6O7S/c29-28(30,31)45-18-8-3-15(4-9-18)33-26(41)37-24-23(25(39)40)35-21(36-24)11-14-1-6-17(7-2-14)43-13-22(38)32-16-5-10-19-20(12-16)44-27(42)34-19/h1-10,12H,11,13H2,(H,32,38)(H,34,42)(H,35,36)(H,39,40)(H2,33,37,41). The lowest BCUT2D eigenvalue weighted by atomic mass is 10.1. The van der Waals surface area contributed by atoms with E-state index in [9.17, 15) is 37.5 Å². The number of halogens is 3. The summed E-state index contributed by atoms with van der Waals surface area (Å²) in [4.78, 5) is 56.9. The molecule has 0 bridgehead atoms. The average Bonchev–Trinajstić information content (AvgIpc) is 3.54. The maximum Gasteiger partial charge on any atom is 0.446 e. The summed E-state index contributed by atoms with van der Waals surface area (Å²) in [5, 5.41) is 16.9. The third kappa shape index (κ3) is 8.44. The van der Waals surface area contributed by atoms with Crippen LogP contribution in [0.5, 0.6) is 5.75 Å². The Morgan fingerprint density at radius 3 is 2.33 bits per heavy atom. The predicted octanol–water partition coefficient (Wildman–Crippen LogP) is 5.41. The molecule has 0 saturated carbocycles. The molecule has 0 aliphatic heterocycles. The molecular weight excluding hydrogens is 621 g/mol. The van der Waals surface area contributed by atoms with E-state index in [4.69, 9.17) is 9.15 Å². The van der Waals surface area contributed by atoms with E-state index in [0.29, 0.717) is 28.1 Å². The second-order valence-corrected chi connectivity index (χ2v) is 10.4. The Hall–Kier alpha value is -5.71. The molecule has 0 radical (unpaired) electrons. The summed E-state index contributed by atoms with van der Waals surface area (Å²) in [5.74, 6) is -2.04. The quantitative estimate of drug-likeness (QED) is 0.108. The minimum atomic E-state index is -4.45. The smallest absolute Gasteiger partial charge is 0.446 e. The number of imidazole rings is 1. The molecule has 3 amide bonds. The molecule has 6 N–H and O–H groups in total. The number of thioether (sulfide) groups is 1. The highest BCUT2D eigenvalue weighted by atomic mass is 32.2. The second kappa shape index (κ2) is 12.9.